The van der Waals surface area contributed by atoms with Crippen molar-refractivity contribution in [2.45, 2.75) is 5.16 Å². The molecule has 7 heteroatoms. The number of nitrogens with zero attached hydrogens (tertiary/aromatic N) is 2. The SMILES string of the molecule is Cn1ccnc1SCC(=O)Nc1cc(N)ccc1Cl. The summed E-state index contributed by atoms with van der Waals surface area (Å²) in [5.74, 6) is 0.108. The van der Waals surface area contributed by atoms with Gasteiger partial charge in [0.25, 0.3) is 0 Å². The fourth-order valence-electron chi connectivity index (χ4n) is 1.45. The second-order valence-electron chi connectivity index (χ2n) is 3.90. The topological polar surface area (TPSA) is 72.9 Å². The van der Waals surface area contributed by atoms with Gasteiger partial charge in [-0.2, -0.15) is 0 Å². The van der Waals surface area contributed by atoms with E-state index in [9.17, 15) is 4.79 Å². The van der Waals surface area contributed by atoms with E-state index in [-0.39, 0.29) is 11.7 Å². The molecular weight excluding hydrogens is 284 g/mol. The standard InChI is InChI=1S/C12H13ClN4OS/c1-17-5-4-15-12(17)19-7-11(18)16-10-6-8(14)2-3-9(10)13/h2-6H,7,14H2,1H3,(H,16,18). The number of hydrogen-bond donors (Lipinski definition) is 2. The Bertz CT molecular complexity index is 599. The molecule has 0 aliphatic carbocycles. The number of rotatable bonds is 4. The quantitative estimate of drug-likeness (QED) is 0.671. The Morgan fingerprint density at radius 1 is 1.58 bits per heavy atom. The third kappa shape index (κ3) is 3.65. The van der Waals surface area contributed by atoms with E-state index in [1.807, 2.05) is 17.8 Å². The predicted molar refractivity (Wildman–Crippen MR) is 78.4 cm³/mol. The fraction of sp³-hybridized carbons (Fsp3) is 0.167. The number of nitrogens with two attached hydrogens (primary N) is 1. The maximum Gasteiger partial charge on any atom is 0.234 e. The molecule has 100 valence electrons. The minimum absolute atomic E-state index is 0.152. The van der Waals surface area contributed by atoms with Crippen LogP contribution in [0.25, 0.3) is 0 Å². The summed E-state index contributed by atoms with van der Waals surface area (Å²) in [4.78, 5) is 15.9. The van der Waals surface area contributed by atoms with Gasteiger partial charge in [0.15, 0.2) is 5.16 Å². The molecule has 0 atom stereocenters. The summed E-state index contributed by atoms with van der Waals surface area (Å²) in [6.07, 6.45) is 3.52. The van der Waals surface area contributed by atoms with Crippen molar-refractivity contribution in [3.8, 4) is 0 Å². The van der Waals surface area contributed by atoms with E-state index in [4.69, 9.17) is 17.3 Å². The van der Waals surface area contributed by atoms with Crippen LogP contribution in [-0.2, 0) is 11.8 Å². The number of nitrogens with one attached hydrogen (secondary N) is 1. The number of halogens is 1. The van der Waals surface area contributed by atoms with Crippen LogP contribution in [0.5, 0.6) is 0 Å². The Kier molecular flexibility index (Phi) is 4.34. The highest BCUT2D eigenvalue weighted by Crippen LogP contribution is 2.24. The van der Waals surface area contributed by atoms with Gasteiger partial charge >= 0.3 is 0 Å². The highest BCUT2D eigenvalue weighted by molar-refractivity contribution is 7.99. The molecule has 0 aliphatic rings. The molecule has 1 heterocycles. The molecular formula is C12H13ClN4OS. The van der Waals surface area contributed by atoms with Gasteiger partial charge in [0, 0.05) is 25.1 Å². The molecule has 2 rings (SSSR count). The molecule has 5 nitrogen and oxygen atoms in total. The number of nitrogen functional groups attached to an aromatic ring is 1. The smallest absolute Gasteiger partial charge is 0.234 e. The van der Waals surface area contributed by atoms with Crippen molar-refractivity contribution in [1.82, 2.24) is 9.55 Å². The lowest BCUT2D eigenvalue weighted by Crippen LogP contribution is -2.15. The van der Waals surface area contributed by atoms with Crippen LogP contribution in [0.4, 0.5) is 11.4 Å². The van der Waals surface area contributed by atoms with Crippen molar-refractivity contribution in [3.05, 3.63) is 35.6 Å². The minimum Gasteiger partial charge on any atom is -0.399 e. The number of aromatic nitrogens is 2. The number of hydrogen-bond acceptors (Lipinski definition) is 4. The normalized spacial score (nSPS) is 10.4. The van der Waals surface area contributed by atoms with E-state index in [2.05, 4.69) is 10.3 Å². The highest BCUT2D eigenvalue weighted by Gasteiger charge is 2.08. The number of thioether (sulfide) groups is 1. The molecule has 2 aromatic rings. The number of amides is 1. The predicted octanol–water partition coefficient (Wildman–Crippen LogP) is 2.39. The number of benzene rings is 1. The first-order chi connectivity index (χ1) is 9.06. The van der Waals surface area contributed by atoms with Gasteiger partial charge in [-0.25, -0.2) is 4.98 Å². The Balaban J connectivity index is 1.94. The average molecular weight is 297 g/mol. The molecule has 0 unspecified atom stereocenters. The third-order valence-electron chi connectivity index (χ3n) is 2.37. The minimum atomic E-state index is -0.152. The van der Waals surface area contributed by atoms with Gasteiger partial charge in [-0.1, -0.05) is 23.4 Å². The van der Waals surface area contributed by atoms with E-state index in [1.54, 1.807) is 24.4 Å². The van der Waals surface area contributed by atoms with Crippen LogP contribution in [0.1, 0.15) is 0 Å². The highest BCUT2D eigenvalue weighted by atomic mass is 35.5. The summed E-state index contributed by atoms with van der Waals surface area (Å²) in [6, 6.07) is 4.96. The summed E-state index contributed by atoms with van der Waals surface area (Å²) in [5.41, 5.74) is 6.72. The Labute approximate surface area is 120 Å². The zero-order valence-corrected chi connectivity index (χ0v) is 11.8. The van der Waals surface area contributed by atoms with Crippen molar-refractivity contribution in [2.24, 2.45) is 7.05 Å². The largest absolute Gasteiger partial charge is 0.399 e. The van der Waals surface area contributed by atoms with E-state index in [0.29, 0.717) is 16.4 Å². The van der Waals surface area contributed by atoms with Crippen LogP contribution >= 0.6 is 23.4 Å². The van der Waals surface area contributed by atoms with Gasteiger partial charge in [-0.3, -0.25) is 4.79 Å². The number of aryl methyl sites for hydroxylation is 1. The molecule has 3 N–H and O–H groups in total. The van der Waals surface area contributed by atoms with E-state index in [1.165, 1.54) is 11.8 Å². The van der Waals surface area contributed by atoms with Crippen molar-refractivity contribution in [1.29, 1.82) is 0 Å². The van der Waals surface area contributed by atoms with E-state index < -0.39 is 0 Å². The molecule has 1 aromatic carbocycles. The molecule has 0 fully saturated rings. The van der Waals surface area contributed by atoms with Gasteiger partial charge in [-0.05, 0) is 18.2 Å². The van der Waals surface area contributed by atoms with Crippen molar-refractivity contribution < 1.29 is 4.79 Å². The van der Waals surface area contributed by atoms with Crippen molar-refractivity contribution in [2.75, 3.05) is 16.8 Å². The Morgan fingerprint density at radius 2 is 2.37 bits per heavy atom. The molecule has 1 aromatic heterocycles. The van der Waals surface area contributed by atoms with Crippen molar-refractivity contribution >= 4 is 40.6 Å². The van der Waals surface area contributed by atoms with Crippen LogP contribution in [-0.4, -0.2) is 21.2 Å². The van der Waals surface area contributed by atoms with Crippen LogP contribution < -0.4 is 11.1 Å². The van der Waals surface area contributed by atoms with Crippen molar-refractivity contribution in [3.63, 3.8) is 0 Å². The maximum absolute atomic E-state index is 11.8. The molecule has 0 saturated heterocycles. The second kappa shape index (κ2) is 5.99. The maximum atomic E-state index is 11.8. The molecule has 0 radical (unpaired) electrons. The van der Waals surface area contributed by atoms with Gasteiger partial charge in [0.1, 0.15) is 0 Å². The molecule has 1 amide bonds. The average Bonchev–Trinajstić information content (AvgIpc) is 2.77. The Hall–Kier alpha value is -1.66. The summed E-state index contributed by atoms with van der Waals surface area (Å²) < 4.78 is 1.85. The second-order valence-corrected chi connectivity index (χ2v) is 5.25. The van der Waals surface area contributed by atoms with Crippen LogP contribution in [0.15, 0.2) is 35.7 Å². The van der Waals surface area contributed by atoms with E-state index in [0.717, 1.165) is 5.16 Å². The first-order valence-electron chi connectivity index (χ1n) is 5.51. The monoisotopic (exact) mass is 296 g/mol. The first-order valence-corrected chi connectivity index (χ1v) is 6.87. The van der Waals surface area contributed by atoms with Crippen LogP contribution in [0, 0.1) is 0 Å². The van der Waals surface area contributed by atoms with Crippen LogP contribution in [0.2, 0.25) is 5.02 Å². The molecule has 0 bridgehead atoms. The number of imidazole rings is 1. The lowest BCUT2D eigenvalue weighted by molar-refractivity contribution is -0.113. The number of anilines is 2. The lowest BCUT2D eigenvalue weighted by atomic mass is 10.3. The Morgan fingerprint density at radius 3 is 3.05 bits per heavy atom. The molecule has 0 saturated carbocycles. The first kappa shape index (κ1) is 13.8. The van der Waals surface area contributed by atoms with Gasteiger partial charge in [-0.15, -0.1) is 0 Å². The summed E-state index contributed by atoms with van der Waals surface area (Å²) >= 11 is 7.33. The molecule has 0 aliphatic heterocycles. The zero-order chi connectivity index (χ0) is 13.8. The fourth-order valence-corrected chi connectivity index (χ4v) is 2.34. The van der Waals surface area contributed by atoms with Gasteiger partial charge < -0.3 is 15.6 Å². The summed E-state index contributed by atoms with van der Waals surface area (Å²) in [7, 11) is 1.88. The zero-order valence-electron chi connectivity index (χ0n) is 10.3. The van der Waals surface area contributed by atoms with Gasteiger partial charge in [0.2, 0.25) is 5.91 Å². The van der Waals surface area contributed by atoms with Crippen LogP contribution in [0.3, 0.4) is 0 Å². The summed E-state index contributed by atoms with van der Waals surface area (Å²) in [5, 5.41) is 3.97. The number of carbonyl (C=O) groups excluding carboxylic acids is 1. The third-order valence-corrected chi connectivity index (χ3v) is 3.76. The van der Waals surface area contributed by atoms with Gasteiger partial charge in [0.05, 0.1) is 16.5 Å². The summed E-state index contributed by atoms with van der Waals surface area (Å²) in [6.45, 7) is 0. The van der Waals surface area contributed by atoms with E-state index >= 15 is 0 Å². The lowest BCUT2D eigenvalue weighted by Gasteiger charge is -2.07. The molecule has 19 heavy (non-hydrogen) atoms. The number of carbonyl (C=O) groups is 1. The molecule has 0 spiro atoms.